The number of carbonyl (C=O) groups is 1. The van der Waals surface area contributed by atoms with E-state index in [0.717, 1.165) is 0 Å². The van der Waals surface area contributed by atoms with Crippen LogP contribution in [0, 0.1) is 0 Å². The second-order valence-corrected chi connectivity index (χ2v) is 5.51. The largest absolute Gasteiger partial charge is 0.478 e. The summed E-state index contributed by atoms with van der Waals surface area (Å²) in [6, 6.07) is 8.95. The number of nitrogens with zero attached hydrogens (tertiary/aromatic N) is 1. The first-order valence-corrected chi connectivity index (χ1v) is 7.39. The molecule has 0 atom stereocenters. The maximum absolute atomic E-state index is 12.3. The molecule has 0 spiro atoms. The topological polar surface area (TPSA) is 89.6 Å². The summed E-state index contributed by atoms with van der Waals surface area (Å²) >= 11 is 0. The molecule has 1 N–H and O–H groups in total. The van der Waals surface area contributed by atoms with Crippen molar-refractivity contribution in [2.24, 2.45) is 0 Å². The Bertz CT molecular complexity index is 975. The standard InChI is InChI=1S/C18H15NO5/c1-10(2)23-17-13(4-3-7-19-17)16-9-14(20)12-6-5-11(18(21)22)8-15(12)24-16/h3-10H,1-2H3,(H,21,22). The van der Waals surface area contributed by atoms with Gasteiger partial charge in [0.1, 0.15) is 11.3 Å². The number of aromatic carboxylic acids is 1. The van der Waals surface area contributed by atoms with Gasteiger partial charge in [-0.1, -0.05) is 0 Å². The summed E-state index contributed by atoms with van der Waals surface area (Å²) in [6.45, 7) is 3.74. The molecule has 24 heavy (non-hydrogen) atoms. The van der Waals surface area contributed by atoms with Crippen LogP contribution >= 0.6 is 0 Å². The summed E-state index contributed by atoms with van der Waals surface area (Å²) in [6.07, 6.45) is 1.49. The van der Waals surface area contributed by atoms with Crippen LogP contribution in [0.25, 0.3) is 22.3 Å². The van der Waals surface area contributed by atoms with E-state index in [9.17, 15) is 9.59 Å². The number of carboxylic acid groups (broad SMARTS) is 1. The van der Waals surface area contributed by atoms with E-state index in [1.54, 1.807) is 18.3 Å². The van der Waals surface area contributed by atoms with Gasteiger partial charge in [-0.25, -0.2) is 9.78 Å². The SMILES string of the molecule is CC(C)Oc1ncccc1-c1cc(=O)c2ccc(C(=O)O)cc2o1. The minimum absolute atomic E-state index is 0.0487. The number of pyridine rings is 1. The van der Waals surface area contributed by atoms with Gasteiger partial charge in [-0.15, -0.1) is 0 Å². The van der Waals surface area contributed by atoms with E-state index in [-0.39, 0.29) is 28.4 Å². The van der Waals surface area contributed by atoms with E-state index in [0.29, 0.717) is 16.8 Å². The molecule has 0 fully saturated rings. The second kappa shape index (κ2) is 6.16. The van der Waals surface area contributed by atoms with Crippen LogP contribution in [0.1, 0.15) is 24.2 Å². The van der Waals surface area contributed by atoms with Gasteiger partial charge in [0.2, 0.25) is 5.88 Å². The van der Waals surface area contributed by atoms with Crippen LogP contribution in [0.2, 0.25) is 0 Å². The fourth-order valence-electron chi connectivity index (χ4n) is 2.32. The van der Waals surface area contributed by atoms with Gasteiger partial charge in [0.05, 0.1) is 22.6 Å². The third kappa shape index (κ3) is 2.99. The minimum atomic E-state index is -1.09. The summed E-state index contributed by atoms with van der Waals surface area (Å²) in [5, 5.41) is 9.41. The molecule has 2 heterocycles. The molecule has 0 radical (unpaired) electrons. The van der Waals surface area contributed by atoms with Crippen LogP contribution < -0.4 is 10.2 Å². The van der Waals surface area contributed by atoms with E-state index >= 15 is 0 Å². The average Bonchev–Trinajstić information content (AvgIpc) is 2.54. The number of hydrogen-bond acceptors (Lipinski definition) is 5. The molecule has 122 valence electrons. The van der Waals surface area contributed by atoms with Gasteiger partial charge in [0.15, 0.2) is 5.43 Å². The Morgan fingerprint density at radius 2 is 2.04 bits per heavy atom. The first-order valence-electron chi connectivity index (χ1n) is 7.39. The molecule has 2 aromatic heterocycles. The molecule has 0 saturated heterocycles. The van der Waals surface area contributed by atoms with Gasteiger partial charge in [-0.05, 0) is 44.2 Å². The molecule has 3 rings (SSSR count). The second-order valence-electron chi connectivity index (χ2n) is 5.51. The van der Waals surface area contributed by atoms with Crippen LogP contribution in [0.5, 0.6) is 5.88 Å². The lowest BCUT2D eigenvalue weighted by Crippen LogP contribution is -2.08. The third-order valence-electron chi connectivity index (χ3n) is 3.36. The zero-order chi connectivity index (χ0) is 17.3. The van der Waals surface area contributed by atoms with Crippen molar-refractivity contribution >= 4 is 16.9 Å². The number of aromatic nitrogens is 1. The van der Waals surface area contributed by atoms with Crippen LogP contribution in [0.4, 0.5) is 0 Å². The Hall–Kier alpha value is -3.15. The highest BCUT2D eigenvalue weighted by molar-refractivity contribution is 5.92. The Morgan fingerprint density at radius 1 is 1.25 bits per heavy atom. The molecule has 0 amide bonds. The fourth-order valence-corrected chi connectivity index (χ4v) is 2.32. The van der Waals surface area contributed by atoms with Crippen LogP contribution in [0.3, 0.4) is 0 Å². The summed E-state index contributed by atoms with van der Waals surface area (Å²) in [5.74, 6) is -0.460. The lowest BCUT2D eigenvalue weighted by molar-refractivity contribution is 0.0697. The number of benzene rings is 1. The quantitative estimate of drug-likeness (QED) is 0.791. The molecule has 0 saturated carbocycles. The fraction of sp³-hybridized carbons (Fsp3) is 0.167. The number of hydrogen-bond donors (Lipinski definition) is 1. The van der Waals surface area contributed by atoms with Gasteiger partial charge >= 0.3 is 5.97 Å². The van der Waals surface area contributed by atoms with Crippen molar-refractivity contribution in [3.05, 3.63) is 58.4 Å². The van der Waals surface area contributed by atoms with Crippen LogP contribution in [-0.4, -0.2) is 22.2 Å². The summed E-state index contributed by atoms with van der Waals surface area (Å²) < 4.78 is 11.4. The molecule has 0 aliphatic heterocycles. The number of fused-ring (bicyclic) bond motifs is 1. The highest BCUT2D eigenvalue weighted by atomic mass is 16.5. The molecule has 6 heteroatoms. The molecule has 0 bridgehead atoms. The Balaban J connectivity index is 2.21. The maximum Gasteiger partial charge on any atom is 0.335 e. The van der Waals surface area contributed by atoms with Crippen molar-refractivity contribution in [2.75, 3.05) is 0 Å². The Morgan fingerprint density at radius 3 is 2.75 bits per heavy atom. The molecule has 0 unspecified atom stereocenters. The smallest absolute Gasteiger partial charge is 0.335 e. The van der Waals surface area contributed by atoms with Crippen molar-refractivity contribution in [2.45, 2.75) is 20.0 Å². The lowest BCUT2D eigenvalue weighted by Gasteiger charge is -2.12. The Kier molecular flexibility index (Phi) is 4.04. The van der Waals surface area contributed by atoms with E-state index in [1.807, 2.05) is 13.8 Å². The maximum atomic E-state index is 12.3. The van der Waals surface area contributed by atoms with Gasteiger partial charge in [-0.2, -0.15) is 0 Å². The van der Waals surface area contributed by atoms with Crippen molar-refractivity contribution in [3.63, 3.8) is 0 Å². The van der Waals surface area contributed by atoms with Crippen molar-refractivity contribution < 1.29 is 19.1 Å². The highest BCUT2D eigenvalue weighted by Crippen LogP contribution is 2.29. The highest BCUT2D eigenvalue weighted by Gasteiger charge is 2.15. The van der Waals surface area contributed by atoms with E-state index < -0.39 is 5.97 Å². The van der Waals surface area contributed by atoms with Crippen LogP contribution in [-0.2, 0) is 0 Å². The predicted octanol–water partition coefficient (Wildman–Crippen LogP) is 3.34. The normalized spacial score (nSPS) is 11.0. The number of carboxylic acids is 1. The minimum Gasteiger partial charge on any atom is -0.478 e. The monoisotopic (exact) mass is 325 g/mol. The zero-order valence-electron chi connectivity index (χ0n) is 13.1. The molecule has 1 aromatic carbocycles. The summed E-state index contributed by atoms with van der Waals surface area (Å²) in [7, 11) is 0. The molecule has 0 aliphatic rings. The molecule has 6 nitrogen and oxygen atoms in total. The van der Waals surface area contributed by atoms with Crippen molar-refractivity contribution in [3.8, 4) is 17.2 Å². The molecular weight excluding hydrogens is 310 g/mol. The van der Waals surface area contributed by atoms with Crippen molar-refractivity contribution in [1.29, 1.82) is 0 Å². The Labute approximate surface area is 137 Å². The molecular formula is C18H15NO5. The first-order chi connectivity index (χ1) is 11.5. The first kappa shape index (κ1) is 15.7. The summed E-state index contributed by atoms with van der Waals surface area (Å²) in [4.78, 5) is 27.6. The average molecular weight is 325 g/mol. The number of rotatable bonds is 4. The molecule has 3 aromatic rings. The number of ether oxygens (including phenoxy) is 1. The van der Waals surface area contributed by atoms with Gasteiger partial charge in [-0.3, -0.25) is 4.79 Å². The van der Waals surface area contributed by atoms with Gasteiger partial charge in [0, 0.05) is 12.3 Å². The van der Waals surface area contributed by atoms with Crippen molar-refractivity contribution in [1.82, 2.24) is 4.98 Å². The van der Waals surface area contributed by atoms with Gasteiger partial charge < -0.3 is 14.3 Å². The third-order valence-corrected chi connectivity index (χ3v) is 3.36. The van der Waals surface area contributed by atoms with Crippen LogP contribution in [0.15, 0.2) is 51.8 Å². The van der Waals surface area contributed by atoms with E-state index in [1.165, 1.54) is 24.3 Å². The van der Waals surface area contributed by atoms with E-state index in [2.05, 4.69) is 4.98 Å². The van der Waals surface area contributed by atoms with Gasteiger partial charge in [0.25, 0.3) is 0 Å². The predicted molar refractivity (Wildman–Crippen MR) is 88.4 cm³/mol. The van der Waals surface area contributed by atoms with E-state index in [4.69, 9.17) is 14.3 Å². The lowest BCUT2D eigenvalue weighted by atomic mass is 10.1. The molecule has 0 aliphatic carbocycles. The summed E-state index contributed by atoms with van der Waals surface area (Å²) in [5.41, 5.74) is 0.526. The zero-order valence-corrected chi connectivity index (χ0v) is 13.1.